The number of halogens is 1. The van der Waals surface area contributed by atoms with Crippen molar-refractivity contribution in [3.63, 3.8) is 0 Å². The maximum Gasteiger partial charge on any atom is 0.306 e. The molecule has 0 bridgehead atoms. The summed E-state index contributed by atoms with van der Waals surface area (Å²) in [5, 5.41) is 0.353. The lowest BCUT2D eigenvalue weighted by atomic mass is 10.1. The SMILES string of the molecule is COCCN(Cc1ccc(OC)c(OS(C)(=O)=O)c1)C(=O)c1ccccc1Cl. The normalized spacial score (nSPS) is 11.1. The number of ether oxygens (including phenoxy) is 2. The van der Waals surface area contributed by atoms with E-state index >= 15 is 0 Å². The highest BCUT2D eigenvalue weighted by atomic mass is 35.5. The highest BCUT2D eigenvalue weighted by Crippen LogP contribution is 2.30. The molecule has 0 saturated heterocycles. The molecule has 0 saturated carbocycles. The molecule has 9 heteroatoms. The van der Waals surface area contributed by atoms with Crippen LogP contribution in [0.1, 0.15) is 15.9 Å². The van der Waals surface area contributed by atoms with Crippen molar-refractivity contribution in [1.29, 1.82) is 0 Å². The number of hydrogen-bond donors (Lipinski definition) is 0. The lowest BCUT2D eigenvalue weighted by Gasteiger charge is -2.23. The van der Waals surface area contributed by atoms with E-state index in [0.717, 1.165) is 6.26 Å². The Morgan fingerprint density at radius 3 is 2.43 bits per heavy atom. The van der Waals surface area contributed by atoms with Crippen LogP contribution in [0.15, 0.2) is 42.5 Å². The molecular formula is C19H22ClNO6S. The third kappa shape index (κ3) is 6.12. The molecule has 7 nitrogen and oxygen atoms in total. The minimum atomic E-state index is -3.73. The summed E-state index contributed by atoms with van der Waals surface area (Å²) in [7, 11) is -0.774. The number of methoxy groups -OCH3 is 2. The molecule has 2 aromatic carbocycles. The van der Waals surface area contributed by atoms with Crippen molar-refractivity contribution in [3.05, 3.63) is 58.6 Å². The van der Waals surface area contributed by atoms with Crippen molar-refractivity contribution < 1.29 is 26.9 Å². The van der Waals surface area contributed by atoms with Crippen LogP contribution in [0.5, 0.6) is 11.5 Å². The largest absolute Gasteiger partial charge is 0.493 e. The van der Waals surface area contributed by atoms with Crippen LogP contribution in [0.3, 0.4) is 0 Å². The second-order valence-corrected chi connectivity index (χ2v) is 7.95. The van der Waals surface area contributed by atoms with Gasteiger partial charge in [-0.1, -0.05) is 29.8 Å². The Bertz CT molecular complexity index is 932. The quantitative estimate of drug-likeness (QED) is 0.572. The number of benzene rings is 2. The Balaban J connectivity index is 2.32. The van der Waals surface area contributed by atoms with E-state index in [1.165, 1.54) is 13.2 Å². The van der Waals surface area contributed by atoms with Gasteiger partial charge in [-0.05, 0) is 29.8 Å². The smallest absolute Gasteiger partial charge is 0.306 e. The van der Waals surface area contributed by atoms with Crippen molar-refractivity contribution in [2.45, 2.75) is 6.54 Å². The maximum absolute atomic E-state index is 12.9. The summed E-state index contributed by atoms with van der Waals surface area (Å²) >= 11 is 6.16. The van der Waals surface area contributed by atoms with E-state index in [2.05, 4.69) is 0 Å². The van der Waals surface area contributed by atoms with E-state index in [-0.39, 0.29) is 24.0 Å². The molecule has 0 fully saturated rings. The molecule has 0 N–H and O–H groups in total. The third-order valence-corrected chi connectivity index (χ3v) is 4.61. The van der Waals surface area contributed by atoms with E-state index in [4.69, 9.17) is 25.3 Å². The monoisotopic (exact) mass is 427 g/mol. The first-order valence-corrected chi connectivity index (χ1v) is 10.5. The van der Waals surface area contributed by atoms with Crippen molar-refractivity contribution in [3.8, 4) is 11.5 Å². The van der Waals surface area contributed by atoms with Gasteiger partial charge in [0.25, 0.3) is 5.91 Å². The second kappa shape index (κ2) is 9.77. The van der Waals surface area contributed by atoms with Gasteiger partial charge in [-0.25, -0.2) is 0 Å². The zero-order valence-corrected chi connectivity index (χ0v) is 17.4. The van der Waals surface area contributed by atoms with Gasteiger partial charge in [-0.3, -0.25) is 4.79 Å². The lowest BCUT2D eigenvalue weighted by Crippen LogP contribution is -2.33. The summed E-state index contributed by atoms with van der Waals surface area (Å²) in [4.78, 5) is 14.5. The molecule has 0 aliphatic heterocycles. The summed E-state index contributed by atoms with van der Waals surface area (Å²) in [5.41, 5.74) is 1.04. The average Bonchev–Trinajstić information content (AvgIpc) is 2.64. The first-order valence-electron chi connectivity index (χ1n) is 8.34. The molecule has 0 aliphatic rings. The molecule has 1 amide bonds. The van der Waals surface area contributed by atoms with Crippen molar-refractivity contribution in [1.82, 2.24) is 4.90 Å². The molecule has 2 rings (SSSR count). The number of amides is 1. The first kappa shape index (κ1) is 22.0. The van der Waals surface area contributed by atoms with Gasteiger partial charge in [0.1, 0.15) is 0 Å². The summed E-state index contributed by atoms with van der Waals surface area (Å²) in [6, 6.07) is 11.6. The molecule has 28 heavy (non-hydrogen) atoms. The Kier molecular flexibility index (Phi) is 7.68. The Labute approximate surface area is 169 Å². The van der Waals surface area contributed by atoms with Gasteiger partial charge < -0.3 is 18.6 Å². The van der Waals surface area contributed by atoms with Crippen molar-refractivity contribution in [2.24, 2.45) is 0 Å². The highest BCUT2D eigenvalue weighted by molar-refractivity contribution is 7.86. The fourth-order valence-electron chi connectivity index (χ4n) is 2.53. The fourth-order valence-corrected chi connectivity index (χ4v) is 3.20. The van der Waals surface area contributed by atoms with E-state index in [0.29, 0.717) is 29.3 Å². The van der Waals surface area contributed by atoms with Crippen LogP contribution in [0.4, 0.5) is 0 Å². The summed E-state index contributed by atoms with van der Waals surface area (Å²) in [5.74, 6) is 0.0680. The number of nitrogens with zero attached hydrogens (tertiary/aromatic N) is 1. The van der Waals surface area contributed by atoms with Crippen LogP contribution < -0.4 is 8.92 Å². The maximum atomic E-state index is 12.9. The Hall–Kier alpha value is -2.29. The molecule has 0 unspecified atom stereocenters. The van der Waals surface area contributed by atoms with E-state index in [1.807, 2.05) is 0 Å². The fraction of sp³-hybridized carbons (Fsp3) is 0.316. The molecular weight excluding hydrogens is 406 g/mol. The summed E-state index contributed by atoms with van der Waals surface area (Å²) < 4.78 is 38.2. The van der Waals surface area contributed by atoms with Crippen molar-refractivity contribution >= 4 is 27.6 Å². The number of carbonyl (C=O) groups excluding carboxylic acids is 1. The van der Waals surface area contributed by atoms with Gasteiger partial charge in [0.05, 0.1) is 30.6 Å². The van der Waals surface area contributed by atoms with Gasteiger partial charge in [-0.15, -0.1) is 0 Å². The number of rotatable bonds is 9. The third-order valence-electron chi connectivity index (χ3n) is 3.80. The van der Waals surface area contributed by atoms with E-state index in [9.17, 15) is 13.2 Å². The summed E-state index contributed by atoms with van der Waals surface area (Å²) in [6.07, 6.45) is 0.949. The number of carbonyl (C=O) groups is 1. The Morgan fingerprint density at radius 2 is 1.82 bits per heavy atom. The highest BCUT2D eigenvalue weighted by Gasteiger charge is 2.20. The average molecular weight is 428 g/mol. The minimum Gasteiger partial charge on any atom is -0.493 e. The van der Waals surface area contributed by atoms with Gasteiger partial charge >= 0.3 is 10.1 Å². The van der Waals surface area contributed by atoms with Crippen LogP contribution in [0.25, 0.3) is 0 Å². The predicted octanol–water partition coefficient (Wildman–Crippen LogP) is 2.98. The molecule has 2 aromatic rings. The minimum absolute atomic E-state index is 0.0550. The molecule has 0 atom stereocenters. The Morgan fingerprint density at radius 1 is 1.11 bits per heavy atom. The van der Waals surface area contributed by atoms with Crippen LogP contribution >= 0.6 is 11.6 Å². The standard InChI is InChI=1S/C19H22ClNO6S/c1-25-11-10-21(19(22)15-6-4-5-7-16(15)20)13-14-8-9-17(26-2)18(12-14)27-28(3,23)24/h4-9,12H,10-11,13H2,1-3H3. The molecule has 0 aromatic heterocycles. The van der Waals surface area contributed by atoms with Gasteiger partial charge in [0, 0.05) is 20.2 Å². The van der Waals surface area contributed by atoms with Crippen molar-refractivity contribution in [2.75, 3.05) is 33.6 Å². The second-order valence-electron chi connectivity index (χ2n) is 5.97. The van der Waals surface area contributed by atoms with Gasteiger partial charge in [-0.2, -0.15) is 8.42 Å². The molecule has 0 radical (unpaired) electrons. The van der Waals surface area contributed by atoms with Crippen LogP contribution in [0, 0.1) is 0 Å². The molecule has 0 heterocycles. The predicted molar refractivity (Wildman–Crippen MR) is 107 cm³/mol. The van der Waals surface area contributed by atoms with Gasteiger partial charge in [0.15, 0.2) is 11.5 Å². The van der Waals surface area contributed by atoms with Crippen LogP contribution in [-0.4, -0.2) is 52.9 Å². The van der Waals surface area contributed by atoms with E-state index in [1.54, 1.807) is 48.4 Å². The molecule has 0 aliphatic carbocycles. The van der Waals surface area contributed by atoms with Crippen LogP contribution in [-0.2, 0) is 21.4 Å². The topological polar surface area (TPSA) is 82.1 Å². The molecule has 152 valence electrons. The van der Waals surface area contributed by atoms with E-state index < -0.39 is 10.1 Å². The lowest BCUT2D eigenvalue weighted by molar-refractivity contribution is 0.0680. The first-order chi connectivity index (χ1) is 13.2. The molecule has 0 spiro atoms. The summed E-state index contributed by atoms with van der Waals surface area (Å²) in [6.45, 7) is 0.866. The number of hydrogen-bond acceptors (Lipinski definition) is 6. The van der Waals surface area contributed by atoms with Crippen LogP contribution in [0.2, 0.25) is 5.02 Å². The zero-order valence-electron chi connectivity index (χ0n) is 15.8. The zero-order chi connectivity index (χ0) is 20.7. The van der Waals surface area contributed by atoms with Gasteiger partial charge in [0.2, 0.25) is 0 Å².